The van der Waals surface area contributed by atoms with Crippen LogP contribution in [0.2, 0.25) is 0 Å². The lowest BCUT2D eigenvalue weighted by atomic mass is 10.1. The quantitative estimate of drug-likeness (QED) is 0.440. The van der Waals surface area contributed by atoms with Gasteiger partial charge >= 0.3 is 0 Å². The number of H-pyrrole nitrogens is 2. The van der Waals surface area contributed by atoms with Gasteiger partial charge in [0.25, 0.3) is 5.92 Å². The van der Waals surface area contributed by atoms with E-state index in [1.54, 1.807) is 29.7 Å². The Morgan fingerprint density at radius 1 is 1.03 bits per heavy atom. The summed E-state index contributed by atoms with van der Waals surface area (Å²) in [7, 11) is 0. The summed E-state index contributed by atoms with van der Waals surface area (Å²) in [5, 5.41) is 9.46. The smallest absolute Gasteiger partial charge is 0.261 e. The van der Waals surface area contributed by atoms with Gasteiger partial charge in [-0.15, -0.1) is 0 Å². The number of nitrogens with zero attached hydrogens (tertiary/aromatic N) is 5. The number of aromatic nitrogens is 6. The molecule has 0 radical (unpaired) electrons. The molecule has 7 nitrogen and oxygen atoms in total. The molecule has 0 unspecified atom stereocenters. The Morgan fingerprint density at radius 3 is 2.81 bits per heavy atom. The average Bonchev–Trinajstić information content (AvgIpc) is 3.49. The van der Waals surface area contributed by atoms with Crippen LogP contribution in [0.1, 0.15) is 12.0 Å². The highest BCUT2D eigenvalue weighted by molar-refractivity contribution is 5.96. The Morgan fingerprint density at radius 2 is 1.97 bits per heavy atom. The van der Waals surface area contributed by atoms with Crippen molar-refractivity contribution in [2.75, 3.05) is 13.1 Å². The van der Waals surface area contributed by atoms with Crippen molar-refractivity contribution >= 4 is 21.8 Å². The molecule has 5 aromatic rings. The Hall–Kier alpha value is -3.72. The number of nitrogens with one attached hydrogen (secondary N) is 2. The van der Waals surface area contributed by atoms with Crippen LogP contribution in [0.5, 0.6) is 0 Å². The second kappa shape index (κ2) is 7.16. The first-order valence-corrected chi connectivity index (χ1v) is 10.4. The fourth-order valence-electron chi connectivity index (χ4n) is 4.29. The third-order valence-electron chi connectivity index (χ3n) is 5.87. The van der Waals surface area contributed by atoms with Crippen molar-refractivity contribution in [3.8, 4) is 22.6 Å². The van der Waals surface area contributed by atoms with Crippen LogP contribution in [0.15, 0.2) is 55.2 Å². The topological polar surface area (TPSA) is 86.4 Å². The SMILES string of the molecule is FC1(F)CCN(Cc2cncc(-c3cc4c(-c5cc6cnccc6[nH]5)n[nH]c4cn3)c2)C1. The number of rotatable bonds is 4. The lowest BCUT2D eigenvalue weighted by molar-refractivity contribution is 0.0115. The van der Waals surface area contributed by atoms with Crippen LogP contribution in [0, 0.1) is 0 Å². The summed E-state index contributed by atoms with van der Waals surface area (Å²) in [6, 6.07) is 7.88. The minimum Gasteiger partial charge on any atom is -0.353 e. The molecule has 6 heterocycles. The zero-order valence-electron chi connectivity index (χ0n) is 17.0. The molecule has 0 amide bonds. The summed E-state index contributed by atoms with van der Waals surface area (Å²) in [5.74, 6) is -2.60. The fourth-order valence-corrected chi connectivity index (χ4v) is 4.29. The van der Waals surface area contributed by atoms with E-state index < -0.39 is 5.92 Å². The van der Waals surface area contributed by atoms with E-state index in [-0.39, 0.29) is 13.0 Å². The second-order valence-corrected chi connectivity index (χ2v) is 8.23. The van der Waals surface area contributed by atoms with Crippen LogP contribution in [-0.2, 0) is 6.54 Å². The molecule has 0 aliphatic carbocycles. The molecule has 1 fully saturated rings. The molecule has 0 aromatic carbocycles. The highest BCUT2D eigenvalue weighted by atomic mass is 19.3. The number of hydrogen-bond donors (Lipinski definition) is 2. The predicted octanol–water partition coefficient (Wildman–Crippen LogP) is 4.40. The molecule has 2 N–H and O–H groups in total. The molecule has 9 heteroatoms. The van der Waals surface area contributed by atoms with Crippen LogP contribution < -0.4 is 0 Å². The zero-order valence-corrected chi connectivity index (χ0v) is 17.0. The third-order valence-corrected chi connectivity index (χ3v) is 5.87. The van der Waals surface area contributed by atoms with Crippen LogP contribution in [-0.4, -0.2) is 54.0 Å². The Kier molecular flexibility index (Phi) is 4.25. The molecule has 5 aromatic heterocycles. The summed E-state index contributed by atoms with van der Waals surface area (Å²) in [4.78, 5) is 18.2. The molecule has 160 valence electrons. The minimum atomic E-state index is -2.60. The van der Waals surface area contributed by atoms with Crippen molar-refractivity contribution in [3.05, 3.63) is 60.8 Å². The lowest BCUT2D eigenvalue weighted by Gasteiger charge is -2.15. The molecular weight excluding hydrogens is 412 g/mol. The maximum atomic E-state index is 13.5. The van der Waals surface area contributed by atoms with Crippen molar-refractivity contribution in [1.29, 1.82) is 0 Å². The van der Waals surface area contributed by atoms with Gasteiger partial charge in [-0.2, -0.15) is 5.10 Å². The van der Waals surface area contributed by atoms with Crippen LogP contribution in [0.3, 0.4) is 0 Å². The standard InChI is InChI=1S/C23H19F2N7/c24-23(25)2-4-32(13-23)12-14-5-15(10-27-8-14)19-7-17-21(11-28-19)30-31-22(17)20-6-16-9-26-3-1-18(16)29-20/h1,3,5-11,29H,2,4,12-13H2,(H,30,31). The number of halogens is 2. The summed E-state index contributed by atoms with van der Waals surface area (Å²) >= 11 is 0. The van der Waals surface area contributed by atoms with E-state index >= 15 is 0 Å². The first-order valence-electron chi connectivity index (χ1n) is 10.4. The van der Waals surface area contributed by atoms with Gasteiger partial charge in [0.15, 0.2) is 0 Å². The maximum absolute atomic E-state index is 13.5. The first kappa shape index (κ1) is 19.0. The number of aromatic amines is 2. The highest BCUT2D eigenvalue weighted by Crippen LogP contribution is 2.31. The predicted molar refractivity (Wildman–Crippen MR) is 117 cm³/mol. The molecule has 6 rings (SSSR count). The monoisotopic (exact) mass is 431 g/mol. The number of alkyl halides is 2. The van der Waals surface area contributed by atoms with Crippen molar-refractivity contribution in [3.63, 3.8) is 0 Å². The second-order valence-electron chi connectivity index (χ2n) is 8.23. The van der Waals surface area contributed by atoms with E-state index in [9.17, 15) is 8.78 Å². The minimum absolute atomic E-state index is 0.0918. The lowest BCUT2D eigenvalue weighted by Crippen LogP contribution is -2.24. The number of hydrogen-bond acceptors (Lipinski definition) is 5. The number of pyridine rings is 3. The molecule has 0 atom stereocenters. The van der Waals surface area contributed by atoms with Crippen molar-refractivity contribution < 1.29 is 8.78 Å². The van der Waals surface area contributed by atoms with E-state index in [1.807, 2.05) is 30.5 Å². The van der Waals surface area contributed by atoms with Crippen molar-refractivity contribution in [2.45, 2.75) is 18.9 Å². The normalized spacial score (nSPS) is 16.3. The van der Waals surface area contributed by atoms with Crippen LogP contribution in [0.25, 0.3) is 44.5 Å². The van der Waals surface area contributed by atoms with Gasteiger partial charge in [0.05, 0.1) is 29.6 Å². The summed E-state index contributed by atoms with van der Waals surface area (Å²) in [6.45, 7) is 0.623. The van der Waals surface area contributed by atoms with Gasteiger partial charge in [-0.05, 0) is 29.8 Å². The van der Waals surface area contributed by atoms with E-state index in [2.05, 4.69) is 30.1 Å². The molecule has 0 spiro atoms. The molecule has 0 bridgehead atoms. The van der Waals surface area contributed by atoms with Gasteiger partial charge in [-0.25, -0.2) is 8.78 Å². The van der Waals surface area contributed by atoms with Crippen LogP contribution in [0.4, 0.5) is 8.78 Å². The van der Waals surface area contributed by atoms with E-state index in [4.69, 9.17) is 0 Å². The van der Waals surface area contributed by atoms with Gasteiger partial charge in [-0.1, -0.05) is 0 Å². The maximum Gasteiger partial charge on any atom is 0.261 e. The van der Waals surface area contributed by atoms with E-state index in [0.29, 0.717) is 13.1 Å². The zero-order chi connectivity index (χ0) is 21.7. The Labute approximate surface area is 181 Å². The number of fused-ring (bicyclic) bond motifs is 2. The van der Waals surface area contributed by atoms with Crippen molar-refractivity contribution in [1.82, 2.24) is 35.0 Å². The molecule has 1 aliphatic rings. The van der Waals surface area contributed by atoms with Gasteiger partial charge in [0, 0.05) is 66.2 Å². The summed E-state index contributed by atoms with van der Waals surface area (Å²) in [5.41, 5.74) is 5.97. The molecule has 0 saturated carbocycles. The Balaban J connectivity index is 1.34. The van der Waals surface area contributed by atoms with Gasteiger partial charge < -0.3 is 4.98 Å². The summed E-state index contributed by atoms with van der Waals surface area (Å²) in [6.07, 6.45) is 8.68. The molecule has 1 saturated heterocycles. The Bertz CT molecular complexity index is 1410. The third kappa shape index (κ3) is 3.40. The largest absolute Gasteiger partial charge is 0.353 e. The van der Waals surface area contributed by atoms with Gasteiger partial charge in [0.1, 0.15) is 5.69 Å². The van der Waals surface area contributed by atoms with Crippen molar-refractivity contribution in [2.24, 2.45) is 0 Å². The average molecular weight is 431 g/mol. The fraction of sp³-hybridized carbons (Fsp3) is 0.217. The molecule has 32 heavy (non-hydrogen) atoms. The summed E-state index contributed by atoms with van der Waals surface area (Å²) < 4.78 is 27.0. The molecular formula is C23H19F2N7. The van der Waals surface area contributed by atoms with Gasteiger partial charge in [-0.3, -0.25) is 25.0 Å². The first-order chi connectivity index (χ1) is 15.5. The van der Waals surface area contributed by atoms with E-state index in [1.165, 1.54) is 0 Å². The number of likely N-dealkylation sites (tertiary alicyclic amines) is 1. The highest BCUT2D eigenvalue weighted by Gasteiger charge is 2.37. The van der Waals surface area contributed by atoms with Crippen LogP contribution >= 0.6 is 0 Å². The molecule has 1 aliphatic heterocycles. The van der Waals surface area contributed by atoms with E-state index in [0.717, 1.165) is 50.0 Å². The van der Waals surface area contributed by atoms with Gasteiger partial charge in [0.2, 0.25) is 0 Å².